The molecule has 1 N–H and O–H groups in total. The second kappa shape index (κ2) is 7.31. The van der Waals surface area contributed by atoms with Crippen LogP contribution in [0.15, 0.2) is 30.3 Å². The van der Waals surface area contributed by atoms with Gasteiger partial charge in [-0.25, -0.2) is 0 Å². The Balaban J connectivity index is 2.01. The van der Waals surface area contributed by atoms with Crippen LogP contribution in [-0.4, -0.2) is 13.7 Å². The van der Waals surface area contributed by atoms with Crippen molar-refractivity contribution in [3.05, 3.63) is 45.6 Å². The number of nitrogens with one attached hydrogen (secondary N) is 1. The Morgan fingerprint density at radius 1 is 1.20 bits per heavy atom. The van der Waals surface area contributed by atoms with Crippen LogP contribution >= 0.6 is 11.3 Å². The van der Waals surface area contributed by atoms with E-state index in [1.807, 2.05) is 35.6 Å². The van der Waals surface area contributed by atoms with Crippen molar-refractivity contribution >= 4 is 11.3 Å². The van der Waals surface area contributed by atoms with Crippen LogP contribution in [0.5, 0.6) is 11.5 Å². The number of hydrogen-bond donors (Lipinski definition) is 1. The third-order valence-electron chi connectivity index (χ3n) is 3.07. The molecule has 0 amide bonds. The number of ether oxygens (including phenoxy) is 2. The van der Waals surface area contributed by atoms with Gasteiger partial charge in [-0.15, -0.1) is 11.3 Å². The lowest BCUT2D eigenvalue weighted by Gasteiger charge is -2.09. The number of para-hydroxylation sites is 2. The molecule has 0 atom stereocenters. The summed E-state index contributed by atoms with van der Waals surface area (Å²) >= 11 is 1.83. The molecule has 0 fully saturated rings. The first kappa shape index (κ1) is 14.9. The molecular weight excluding hydrogens is 270 g/mol. The van der Waals surface area contributed by atoms with Gasteiger partial charge in [0.05, 0.1) is 7.11 Å². The van der Waals surface area contributed by atoms with E-state index in [0.29, 0.717) is 6.61 Å². The van der Waals surface area contributed by atoms with Crippen LogP contribution in [0.4, 0.5) is 0 Å². The molecule has 1 heterocycles. The zero-order chi connectivity index (χ0) is 14.4. The van der Waals surface area contributed by atoms with E-state index < -0.39 is 0 Å². The number of rotatable bonds is 7. The van der Waals surface area contributed by atoms with Crippen molar-refractivity contribution in [2.24, 2.45) is 0 Å². The first-order valence-corrected chi connectivity index (χ1v) is 7.61. The molecule has 0 spiro atoms. The second-order valence-electron chi connectivity index (χ2n) is 4.51. The fourth-order valence-electron chi connectivity index (χ4n) is 1.96. The Labute approximate surface area is 124 Å². The molecule has 0 radical (unpaired) electrons. The number of aryl methyl sites for hydroxylation is 1. The molecular formula is C16H21NO2S. The van der Waals surface area contributed by atoms with E-state index in [0.717, 1.165) is 24.6 Å². The Hall–Kier alpha value is -1.52. The third kappa shape index (κ3) is 3.74. The maximum absolute atomic E-state index is 5.87. The summed E-state index contributed by atoms with van der Waals surface area (Å²) in [6.45, 7) is 6.75. The highest BCUT2D eigenvalue weighted by atomic mass is 32.1. The van der Waals surface area contributed by atoms with Gasteiger partial charge in [-0.05, 0) is 31.7 Å². The normalized spacial score (nSPS) is 10.6. The van der Waals surface area contributed by atoms with Gasteiger partial charge in [-0.3, -0.25) is 0 Å². The van der Waals surface area contributed by atoms with E-state index in [1.54, 1.807) is 7.11 Å². The lowest BCUT2D eigenvalue weighted by molar-refractivity contribution is 0.284. The zero-order valence-electron chi connectivity index (χ0n) is 12.2. The standard InChI is InChI=1S/C16H21NO2S/c1-4-17-10-14-9-13(12(2)20-14)11-19-16-8-6-5-7-15(16)18-3/h5-9,17H,4,10-11H2,1-3H3. The van der Waals surface area contributed by atoms with Crippen molar-refractivity contribution in [1.29, 1.82) is 0 Å². The van der Waals surface area contributed by atoms with Crippen molar-refractivity contribution in [3.8, 4) is 11.5 Å². The minimum absolute atomic E-state index is 0.578. The maximum Gasteiger partial charge on any atom is 0.161 e. The number of hydrogen-bond acceptors (Lipinski definition) is 4. The monoisotopic (exact) mass is 291 g/mol. The van der Waals surface area contributed by atoms with E-state index in [-0.39, 0.29) is 0 Å². The summed E-state index contributed by atoms with van der Waals surface area (Å²) in [5, 5.41) is 3.35. The first-order chi connectivity index (χ1) is 9.74. The molecule has 0 aliphatic carbocycles. The van der Waals surface area contributed by atoms with Gasteiger partial charge in [0, 0.05) is 21.9 Å². The van der Waals surface area contributed by atoms with Crippen LogP contribution in [0.2, 0.25) is 0 Å². The lowest BCUT2D eigenvalue weighted by atomic mass is 10.2. The number of benzene rings is 1. The zero-order valence-corrected chi connectivity index (χ0v) is 13.0. The van der Waals surface area contributed by atoms with Gasteiger partial charge < -0.3 is 14.8 Å². The van der Waals surface area contributed by atoms with Gasteiger partial charge in [-0.1, -0.05) is 19.1 Å². The largest absolute Gasteiger partial charge is 0.493 e. The molecule has 2 aromatic rings. The Morgan fingerprint density at radius 2 is 1.95 bits per heavy atom. The number of methoxy groups -OCH3 is 1. The topological polar surface area (TPSA) is 30.5 Å². The van der Waals surface area contributed by atoms with E-state index >= 15 is 0 Å². The third-order valence-corrected chi connectivity index (χ3v) is 4.17. The Morgan fingerprint density at radius 3 is 2.65 bits per heavy atom. The summed E-state index contributed by atoms with van der Waals surface area (Å²) in [5.41, 5.74) is 1.24. The molecule has 4 heteroatoms. The molecule has 2 rings (SSSR count). The van der Waals surface area contributed by atoms with Gasteiger partial charge in [0.2, 0.25) is 0 Å². The van der Waals surface area contributed by atoms with Gasteiger partial charge in [0.25, 0.3) is 0 Å². The summed E-state index contributed by atoms with van der Waals surface area (Å²) in [4.78, 5) is 2.66. The minimum atomic E-state index is 0.578. The molecule has 0 saturated carbocycles. The van der Waals surface area contributed by atoms with Crippen LogP contribution in [0.25, 0.3) is 0 Å². The van der Waals surface area contributed by atoms with Crippen molar-refractivity contribution in [2.75, 3.05) is 13.7 Å². The van der Waals surface area contributed by atoms with Crippen molar-refractivity contribution in [3.63, 3.8) is 0 Å². The molecule has 0 aliphatic heterocycles. The highest BCUT2D eigenvalue weighted by Crippen LogP contribution is 2.28. The summed E-state index contributed by atoms with van der Waals surface area (Å²) in [6.07, 6.45) is 0. The summed E-state index contributed by atoms with van der Waals surface area (Å²) in [6, 6.07) is 9.95. The lowest BCUT2D eigenvalue weighted by Crippen LogP contribution is -2.10. The summed E-state index contributed by atoms with van der Waals surface area (Å²) in [7, 11) is 1.66. The van der Waals surface area contributed by atoms with Crippen molar-refractivity contribution < 1.29 is 9.47 Å². The summed E-state index contributed by atoms with van der Waals surface area (Å²) < 4.78 is 11.2. The van der Waals surface area contributed by atoms with Crippen LogP contribution < -0.4 is 14.8 Å². The Bertz CT molecular complexity index is 551. The fraction of sp³-hybridized carbons (Fsp3) is 0.375. The van der Waals surface area contributed by atoms with E-state index in [9.17, 15) is 0 Å². The average molecular weight is 291 g/mol. The predicted octanol–water partition coefficient (Wildman–Crippen LogP) is 3.75. The smallest absolute Gasteiger partial charge is 0.161 e. The van der Waals surface area contributed by atoms with E-state index in [4.69, 9.17) is 9.47 Å². The predicted molar refractivity (Wildman–Crippen MR) is 83.8 cm³/mol. The second-order valence-corrected chi connectivity index (χ2v) is 5.85. The SMILES string of the molecule is CCNCc1cc(COc2ccccc2OC)c(C)s1. The quantitative estimate of drug-likeness (QED) is 0.842. The van der Waals surface area contributed by atoms with E-state index in [2.05, 4.69) is 25.2 Å². The molecule has 0 unspecified atom stereocenters. The molecule has 0 saturated heterocycles. The van der Waals surface area contributed by atoms with Gasteiger partial charge in [0.15, 0.2) is 11.5 Å². The summed E-state index contributed by atoms with van der Waals surface area (Å²) in [5.74, 6) is 1.56. The van der Waals surface area contributed by atoms with E-state index in [1.165, 1.54) is 15.3 Å². The van der Waals surface area contributed by atoms with Crippen LogP contribution in [0.3, 0.4) is 0 Å². The number of thiophene rings is 1. The first-order valence-electron chi connectivity index (χ1n) is 6.79. The van der Waals surface area contributed by atoms with Crippen molar-refractivity contribution in [2.45, 2.75) is 27.0 Å². The maximum atomic E-state index is 5.87. The highest BCUT2D eigenvalue weighted by molar-refractivity contribution is 7.12. The molecule has 20 heavy (non-hydrogen) atoms. The molecule has 0 bridgehead atoms. The molecule has 108 valence electrons. The van der Waals surface area contributed by atoms with Gasteiger partial charge in [0.1, 0.15) is 6.61 Å². The van der Waals surface area contributed by atoms with Gasteiger partial charge in [-0.2, -0.15) is 0 Å². The van der Waals surface area contributed by atoms with Crippen LogP contribution in [-0.2, 0) is 13.2 Å². The molecule has 0 aliphatic rings. The average Bonchev–Trinajstić information content (AvgIpc) is 2.83. The van der Waals surface area contributed by atoms with Crippen LogP contribution in [0.1, 0.15) is 22.2 Å². The Kier molecular flexibility index (Phi) is 5.44. The highest BCUT2D eigenvalue weighted by Gasteiger charge is 2.08. The molecule has 1 aromatic carbocycles. The molecule has 3 nitrogen and oxygen atoms in total. The van der Waals surface area contributed by atoms with Crippen LogP contribution in [0, 0.1) is 6.92 Å². The molecule has 1 aromatic heterocycles. The van der Waals surface area contributed by atoms with Gasteiger partial charge >= 0.3 is 0 Å². The minimum Gasteiger partial charge on any atom is -0.493 e. The van der Waals surface area contributed by atoms with Crippen molar-refractivity contribution in [1.82, 2.24) is 5.32 Å². The fourth-order valence-corrected chi connectivity index (χ4v) is 2.98.